The van der Waals surface area contributed by atoms with Gasteiger partial charge in [-0.05, 0) is 12.1 Å². The standard InChI is InChI=1S/C14H14Cl2N2O4/c15-11-2-1-3-12(14(11)16)21-8-10(19)7-17-13(20)6-9-4-5-22-18-9/h1-5,10,19H,6-8H2,(H,17,20). The number of ether oxygens (including phenoxy) is 1. The third kappa shape index (κ3) is 4.91. The first-order valence-corrected chi connectivity index (χ1v) is 7.22. The quantitative estimate of drug-likeness (QED) is 0.803. The van der Waals surface area contributed by atoms with Gasteiger partial charge >= 0.3 is 0 Å². The minimum absolute atomic E-state index is 0.0235. The highest BCUT2D eigenvalue weighted by Crippen LogP contribution is 2.31. The predicted molar refractivity (Wildman–Crippen MR) is 81.2 cm³/mol. The van der Waals surface area contributed by atoms with Gasteiger partial charge in [0, 0.05) is 12.6 Å². The first-order valence-electron chi connectivity index (χ1n) is 6.47. The van der Waals surface area contributed by atoms with E-state index in [1.54, 1.807) is 24.3 Å². The molecule has 0 aliphatic carbocycles. The Morgan fingerprint density at radius 1 is 1.41 bits per heavy atom. The second-order valence-corrected chi connectivity index (χ2v) is 5.27. The van der Waals surface area contributed by atoms with Crippen LogP contribution in [0.3, 0.4) is 0 Å². The lowest BCUT2D eigenvalue weighted by Gasteiger charge is -2.14. The number of benzene rings is 1. The summed E-state index contributed by atoms with van der Waals surface area (Å²) in [4.78, 5) is 11.6. The molecule has 118 valence electrons. The van der Waals surface area contributed by atoms with E-state index in [0.29, 0.717) is 16.5 Å². The fourth-order valence-electron chi connectivity index (χ4n) is 1.63. The van der Waals surface area contributed by atoms with E-state index >= 15 is 0 Å². The summed E-state index contributed by atoms with van der Waals surface area (Å²) in [5.41, 5.74) is 0.522. The summed E-state index contributed by atoms with van der Waals surface area (Å²) >= 11 is 11.8. The van der Waals surface area contributed by atoms with Gasteiger partial charge in [0.05, 0.1) is 17.1 Å². The van der Waals surface area contributed by atoms with E-state index in [0.717, 1.165) is 0 Å². The number of amides is 1. The van der Waals surface area contributed by atoms with E-state index in [-0.39, 0.29) is 30.5 Å². The highest BCUT2D eigenvalue weighted by Gasteiger charge is 2.11. The Bertz CT molecular complexity index is 619. The van der Waals surface area contributed by atoms with E-state index in [1.165, 1.54) is 6.26 Å². The molecule has 0 saturated heterocycles. The molecule has 0 aliphatic heterocycles. The van der Waals surface area contributed by atoms with E-state index < -0.39 is 6.10 Å². The summed E-state index contributed by atoms with van der Waals surface area (Å²) in [5.74, 6) is 0.107. The number of nitrogens with zero attached hydrogens (tertiary/aromatic N) is 1. The number of carbonyl (C=O) groups excluding carboxylic acids is 1. The largest absolute Gasteiger partial charge is 0.489 e. The number of aliphatic hydroxyl groups excluding tert-OH is 1. The first-order chi connectivity index (χ1) is 10.6. The lowest BCUT2D eigenvalue weighted by molar-refractivity contribution is -0.121. The molecule has 1 heterocycles. The van der Waals surface area contributed by atoms with Gasteiger partial charge in [0.15, 0.2) is 0 Å². The molecule has 0 radical (unpaired) electrons. The molecular weight excluding hydrogens is 331 g/mol. The molecule has 0 bridgehead atoms. The zero-order valence-electron chi connectivity index (χ0n) is 11.5. The maximum atomic E-state index is 11.6. The molecule has 0 fully saturated rings. The van der Waals surface area contributed by atoms with Crippen molar-refractivity contribution in [3.05, 3.63) is 46.3 Å². The molecule has 6 nitrogen and oxygen atoms in total. The van der Waals surface area contributed by atoms with Crippen LogP contribution < -0.4 is 10.1 Å². The minimum Gasteiger partial charge on any atom is -0.489 e. The van der Waals surface area contributed by atoms with Crippen molar-refractivity contribution < 1.29 is 19.2 Å². The van der Waals surface area contributed by atoms with Crippen LogP contribution in [0.1, 0.15) is 5.69 Å². The third-order valence-corrected chi connectivity index (χ3v) is 3.52. The monoisotopic (exact) mass is 344 g/mol. The summed E-state index contributed by atoms with van der Waals surface area (Å²) in [5, 5.41) is 16.6. The molecule has 1 amide bonds. The number of hydrogen-bond donors (Lipinski definition) is 2. The molecule has 0 spiro atoms. The van der Waals surface area contributed by atoms with Gasteiger partial charge in [-0.15, -0.1) is 0 Å². The Labute approximate surface area is 137 Å². The number of hydrogen-bond acceptors (Lipinski definition) is 5. The molecule has 1 aromatic heterocycles. The number of halogens is 2. The molecule has 8 heteroatoms. The van der Waals surface area contributed by atoms with Crippen LogP contribution in [0.5, 0.6) is 5.75 Å². The molecular formula is C14H14Cl2N2O4. The average Bonchev–Trinajstić information content (AvgIpc) is 2.99. The zero-order chi connectivity index (χ0) is 15.9. The number of aliphatic hydroxyl groups is 1. The summed E-state index contributed by atoms with van der Waals surface area (Å²) in [6, 6.07) is 6.57. The predicted octanol–water partition coefficient (Wildman–Crippen LogP) is 2.08. The lowest BCUT2D eigenvalue weighted by atomic mass is 10.3. The van der Waals surface area contributed by atoms with E-state index in [4.69, 9.17) is 27.9 Å². The SMILES string of the molecule is O=C(Cc1ccon1)NCC(O)COc1cccc(Cl)c1Cl. The second-order valence-electron chi connectivity index (χ2n) is 4.49. The normalized spacial score (nSPS) is 12.0. The lowest BCUT2D eigenvalue weighted by Crippen LogP contribution is -2.36. The third-order valence-electron chi connectivity index (χ3n) is 2.72. The first kappa shape index (κ1) is 16.6. The average molecular weight is 345 g/mol. The summed E-state index contributed by atoms with van der Waals surface area (Å²) < 4.78 is 10.00. The Hall–Kier alpha value is -1.76. The molecule has 0 aliphatic rings. The van der Waals surface area contributed by atoms with Crippen LogP contribution in [0.2, 0.25) is 10.0 Å². The smallest absolute Gasteiger partial charge is 0.226 e. The molecule has 2 N–H and O–H groups in total. The van der Waals surface area contributed by atoms with Crippen molar-refractivity contribution in [1.82, 2.24) is 10.5 Å². The van der Waals surface area contributed by atoms with Crippen LogP contribution in [-0.2, 0) is 11.2 Å². The van der Waals surface area contributed by atoms with Crippen molar-refractivity contribution in [1.29, 1.82) is 0 Å². The van der Waals surface area contributed by atoms with Crippen LogP contribution in [0.25, 0.3) is 0 Å². The van der Waals surface area contributed by atoms with Crippen molar-refractivity contribution in [2.45, 2.75) is 12.5 Å². The van der Waals surface area contributed by atoms with Crippen LogP contribution >= 0.6 is 23.2 Å². The molecule has 1 atom stereocenters. The van der Waals surface area contributed by atoms with E-state index in [9.17, 15) is 9.90 Å². The maximum Gasteiger partial charge on any atom is 0.226 e. The van der Waals surface area contributed by atoms with Crippen molar-refractivity contribution in [2.24, 2.45) is 0 Å². The molecule has 1 aromatic carbocycles. The highest BCUT2D eigenvalue weighted by atomic mass is 35.5. The van der Waals surface area contributed by atoms with Gasteiger partial charge in [0.25, 0.3) is 0 Å². The Balaban J connectivity index is 1.72. The fourth-order valence-corrected chi connectivity index (χ4v) is 1.97. The minimum atomic E-state index is -0.878. The fraction of sp³-hybridized carbons (Fsp3) is 0.286. The number of rotatable bonds is 7. The summed E-state index contributed by atoms with van der Waals surface area (Å²) in [6.07, 6.45) is 0.598. The number of nitrogens with one attached hydrogen (secondary N) is 1. The van der Waals surface area contributed by atoms with Gasteiger partial charge in [-0.1, -0.05) is 34.4 Å². The second kappa shape index (κ2) is 8.03. The maximum absolute atomic E-state index is 11.6. The van der Waals surface area contributed by atoms with Gasteiger partial charge in [0.1, 0.15) is 29.7 Å². The van der Waals surface area contributed by atoms with Crippen molar-refractivity contribution in [3.8, 4) is 5.75 Å². The van der Waals surface area contributed by atoms with E-state index in [2.05, 4.69) is 15.0 Å². The molecule has 1 unspecified atom stereocenters. The van der Waals surface area contributed by atoms with Gasteiger partial charge in [-0.2, -0.15) is 0 Å². The van der Waals surface area contributed by atoms with Crippen LogP contribution in [0, 0.1) is 0 Å². The van der Waals surface area contributed by atoms with Crippen LogP contribution in [0.4, 0.5) is 0 Å². The molecule has 22 heavy (non-hydrogen) atoms. The van der Waals surface area contributed by atoms with Gasteiger partial charge < -0.3 is 19.7 Å². The highest BCUT2D eigenvalue weighted by molar-refractivity contribution is 6.42. The van der Waals surface area contributed by atoms with Crippen molar-refractivity contribution in [3.63, 3.8) is 0 Å². The molecule has 2 rings (SSSR count). The zero-order valence-corrected chi connectivity index (χ0v) is 13.0. The topological polar surface area (TPSA) is 84.6 Å². The molecule has 0 saturated carbocycles. The summed E-state index contributed by atoms with van der Waals surface area (Å²) in [6.45, 7) is 0.0270. The van der Waals surface area contributed by atoms with Crippen LogP contribution in [-0.4, -0.2) is 35.4 Å². The van der Waals surface area contributed by atoms with E-state index in [1.807, 2.05) is 0 Å². The Morgan fingerprint density at radius 3 is 2.95 bits per heavy atom. The van der Waals surface area contributed by atoms with Gasteiger partial charge in [-0.25, -0.2) is 0 Å². The molecule has 2 aromatic rings. The van der Waals surface area contributed by atoms with Gasteiger partial charge in [-0.3, -0.25) is 4.79 Å². The van der Waals surface area contributed by atoms with Crippen LogP contribution in [0.15, 0.2) is 35.1 Å². The van der Waals surface area contributed by atoms with Crippen molar-refractivity contribution in [2.75, 3.05) is 13.2 Å². The Morgan fingerprint density at radius 2 is 2.23 bits per heavy atom. The number of aromatic nitrogens is 1. The van der Waals surface area contributed by atoms with Crippen molar-refractivity contribution >= 4 is 29.1 Å². The van der Waals surface area contributed by atoms with Gasteiger partial charge in [0.2, 0.25) is 5.91 Å². The Kier molecular flexibility index (Phi) is 6.06. The summed E-state index contributed by atoms with van der Waals surface area (Å²) in [7, 11) is 0. The number of carbonyl (C=O) groups is 1.